The van der Waals surface area contributed by atoms with Gasteiger partial charge in [0.15, 0.2) is 5.67 Å². The molecule has 4 aliphatic heterocycles. The highest BCUT2D eigenvalue weighted by atomic mass is 19.1. The average Bonchev–Trinajstić information content (AvgIpc) is 2.89. The maximum atomic E-state index is 15.6. The van der Waals surface area contributed by atoms with E-state index >= 15 is 4.39 Å². The molecule has 0 saturated carbocycles. The molecule has 6 rings (SSSR count). The van der Waals surface area contributed by atoms with Crippen molar-refractivity contribution in [2.75, 3.05) is 50.9 Å². The number of anilines is 1. The lowest BCUT2D eigenvalue weighted by atomic mass is 9.83. The normalized spacial score (nSPS) is 25.7. The molecule has 9 heteroatoms. The molecule has 0 unspecified atom stereocenters. The second-order valence-corrected chi connectivity index (χ2v) is 9.47. The van der Waals surface area contributed by atoms with Crippen LogP contribution in [-0.2, 0) is 4.79 Å². The number of carbonyl (C=O) groups excluding carboxylic acids is 1. The summed E-state index contributed by atoms with van der Waals surface area (Å²) in [5.41, 5.74) is -0.237. The van der Waals surface area contributed by atoms with Gasteiger partial charge in [-0.2, -0.15) is 0 Å². The van der Waals surface area contributed by atoms with Gasteiger partial charge in [-0.1, -0.05) is 0 Å². The Morgan fingerprint density at radius 3 is 2.50 bits per heavy atom. The van der Waals surface area contributed by atoms with Gasteiger partial charge in [0.2, 0.25) is 5.95 Å². The molecule has 1 aromatic heterocycles. The predicted molar refractivity (Wildman–Crippen MR) is 125 cm³/mol. The number of piperidine rings is 4. The topological polar surface area (TPSA) is 70.6 Å². The number of benzene rings is 1. The average molecular weight is 472 g/mol. The molecule has 1 atom stereocenters. The number of nitrogens with one attached hydrogen (secondary N) is 1. The molecule has 4 saturated heterocycles. The number of fused-ring (bicyclic) bond motifs is 3. The fourth-order valence-electron chi connectivity index (χ4n) is 5.25. The first-order valence-corrected chi connectivity index (χ1v) is 12.1. The number of hydrogen-bond donors (Lipinski definition) is 1. The molecule has 1 amide bonds. The van der Waals surface area contributed by atoms with Gasteiger partial charge < -0.3 is 19.9 Å². The maximum absolute atomic E-state index is 15.6. The number of nitrogens with zero attached hydrogens (tertiary/aromatic N) is 4. The third kappa shape index (κ3) is 4.85. The van der Waals surface area contributed by atoms with E-state index in [2.05, 4.69) is 20.2 Å². The quantitative estimate of drug-likeness (QED) is 0.670. The van der Waals surface area contributed by atoms with Crippen LogP contribution in [0.25, 0.3) is 11.3 Å². The number of carbonyl (C=O) groups is 1. The molecule has 1 aromatic carbocycles. The minimum atomic E-state index is -1.85. The zero-order chi connectivity index (χ0) is 23.5. The highest BCUT2D eigenvalue weighted by Gasteiger charge is 2.44. The summed E-state index contributed by atoms with van der Waals surface area (Å²) in [6, 6.07) is 9.15. The van der Waals surface area contributed by atoms with Crippen LogP contribution in [-0.4, -0.2) is 78.5 Å². The van der Waals surface area contributed by atoms with Gasteiger partial charge in [0.1, 0.15) is 19.0 Å². The monoisotopic (exact) mass is 471 g/mol. The predicted octanol–water partition coefficient (Wildman–Crippen LogP) is 3.01. The molecule has 0 spiro atoms. The molecule has 182 valence electrons. The van der Waals surface area contributed by atoms with E-state index in [0.29, 0.717) is 30.7 Å². The molecule has 4 fully saturated rings. The van der Waals surface area contributed by atoms with Gasteiger partial charge in [0, 0.05) is 50.3 Å². The number of alkyl halides is 2. The Kier molecular flexibility index (Phi) is 6.63. The minimum absolute atomic E-state index is 0.0275. The van der Waals surface area contributed by atoms with Crippen molar-refractivity contribution in [3.05, 3.63) is 36.5 Å². The summed E-state index contributed by atoms with van der Waals surface area (Å²) in [7, 11) is 0. The van der Waals surface area contributed by atoms with Crippen molar-refractivity contribution in [1.29, 1.82) is 0 Å². The first-order valence-electron chi connectivity index (χ1n) is 12.1. The van der Waals surface area contributed by atoms with E-state index in [1.165, 1.54) is 0 Å². The second kappa shape index (κ2) is 9.82. The molecule has 0 aliphatic carbocycles. The van der Waals surface area contributed by atoms with E-state index in [1.807, 2.05) is 23.1 Å². The van der Waals surface area contributed by atoms with E-state index in [0.717, 1.165) is 43.7 Å². The van der Waals surface area contributed by atoms with Crippen molar-refractivity contribution >= 4 is 11.9 Å². The molecule has 5 heterocycles. The molecule has 1 N–H and O–H groups in total. The van der Waals surface area contributed by atoms with E-state index in [4.69, 9.17) is 4.74 Å². The Morgan fingerprint density at radius 1 is 1.12 bits per heavy atom. The Bertz CT molecular complexity index is 989. The lowest BCUT2D eigenvalue weighted by Crippen LogP contribution is -2.61. The summed E-state index contributed by atoms with van der Waals surface area (Å²) in [4.78, 5) is 26.2. The van der Waals surface area contributed by atoms with Crippen LogP contribution in [0.15, 0.2) is 36.5 Å². The summed E-state index contributed by atoms with van der Waals surface area (Å²) >= 11 is 0. The fourth-order valence-corrected chi connectivity index (χ4v) is 5.25. The van der Waals surface area contributed by atoms with Crippen LogP contribution >= 0.6 is 0 Å². The summed E-state index contributed by atoms with van der Waals surface area (Å²) in [5.74, 6) is 1.13. The number of aromatic nitrogens is 2. The number of halogens is 2. The van der Waals surface area contributed by atoms with Crippen molar-refractivity contribution in [2.24, 2.45) is 5.92 Å². The van der Waals surface area contributed by atoms with Gasteiger partial charge in [-0.05, 0) is 62.2 Å². The minimum Gasteiger partial charge on any atom is -0.491 e. The first-order chi connectivity index (χ1) is 16.5. The molecular formula is C25H31F2N5O2. The smallest absolute Gasteiger partial charge is 0.258 e. The zero-order valence-electron chi connectivity index (χ0n) is 19.3. The molecule has 7 nitrogen and oxygen atoms in total. The lowest BCUT2D eigenvalue weighted by Gasteiger charge is -2.46. The SMILES string of the molecule is O=C(N[C@H]1CN2CCC1CC2)C1(F)CCN(c2nccc(-c3ccc(OCCF)cc3)n2)CC1. The van der Waals surface area contributed by atoms with Crippen LogP contribution < -0.4 is 15.0 Å². The van der Waals surface area contributed by atoms with Crippen LogP contribution in [0.2, 0.25) is 0 Å². The van der Waals surface area contributed by atoms with E-state index < -0.39 is 18.3 Å². The highest BCUT2D eigenvalue weighted by Crippen LogP contribution is 2.32. The Hall–Kier alpha value is -2.81. The number of ether oxygens (including phenoxy) is 1. The number of hydrogen-bond acceptors (Lipinski definition) is 6. The summed E-state index contributed by atoms with van der Waals surface area (Å²) in [5, 5.41) is 3.03. The Labute approximate surface area is 198 Å². The van der Waals surface area contributed by atoms with Gasteiger partial charge in [0.05, 0.1) is 5.69 Å². The van der Waals surface area contributed by atoms with Crippen LogP contribution in [0.5, 0.6) is 5.75 Å². The van der Waals surface area contributed by atoms with Gasteiger partial charge >= 0.3 is 0 Å². The first kappa shape index (κ1) is 23.0. The summed E-state index contributed by atoms with van der Waals surface area (Å²) in [6.45, 7) is 3.26. The summed E-state index contributed by atoms with van der Waals surface area (Å²) < 4.78 is 33.2. The zero-order valence-corrected chi connectivity index (χ0v) is 19.3. The lowest BCUT2D eigenvalue weighted by molar-refractivity contribution is -0.136. The van der Waals surface area contributed by atoms with Crippen molar-refractivity contribution in [1.82, 2.24) is 20.2 Å². The van der Waals surface area contributed by atoms with Gasteiger partial charge in [-0.15, -0.1) is 0 Å². The van der Waals surface area contributed by atoms with Crippen molar-refractivity contribution in [3.63, 3.8) is 0 Å². The second-order valence-electron chi connectivity index (χ2n) is 9.47. The highest BCUT2D eigenvalue weighted by molar-refractivity contribution is 5.85. The van der Waals surface area contributed by atoms with E-state index in [1.54, 1.807) is 18.3 Å². The van der Waals surface area contributed by atoms with Crippen molar-refractivity contribution < 1.29 is 18.3 Å². The van der Waals surface area contributed by atoms with Crippen molar-refractivity contribution in [3.8, 4) is 17.0 Å². The number of amides is 1. The molecule has 4 aliphatic rings. The molecule has 34 heavy (non-hydrogen) atoms. The van der Waals surface area contributed by atoms with Crippen LogP contribution in [0.3, 0.4) is 0 Å². The third-order valence-corrected chi connectivity index (χ3v) is 7.36. The number of rotatable bonds is 7. The Balaban J connectivity index is 1.19. The molecule has 2 bridgehead atoms. The van der Waals surface area contributed by atoms with Crippen LogP contribution in [0.1, 0.15) is 25.7 Å². The molecule has 0 radical (unpaired) electrons. The molecule has 2 aromatic rings. The fraction of sp³-hybridized carbons (Fsp3) is 0.560. The molecular weight excluding hydrogens is 440 g/mol. The van der Waals surface area contributed by atoms with Crippen LogP contribution in [0.4, 0.5) is 14.7 Å². The van der Waals surface area contributed by atoms with Crippen LogP contribution in [0, 0.1) is 5.92 Å². The summed E-state index contributed by atoms with van der Waals surface area (Å²) in [6.07, 6.45) is 4.09. The van der Waals surface area contributed by atoms with E-state index in [9.17, 15) is 9.18 Å². The van der Waals surface area contributed by atoms with Crippen molar-refractivity contribution in [2.45, 2.75) is 37.4 Å². The largest absolute Gasteiger partial charge is 0.491 e. The van der Waals surface area contributed by atoms with E-state index in [-0.39, 0.29) is 25.5 Å². The standard InChI is InChI=1S/C25H31F2N5O2/c26-10-16-34-20-3-1-18(2-4-20)21-5-11-28-24(30-21)32-14-8-25(27,9-15-32)23(33)29-22-17-31-12-6-19(22)7-13-31/h1-5,11,19,22H,6-10,12-17H2,(H,29,33)/t22-/m0/s1. The van der Waals surface area contributed by atoms with Gasteiger partial charge in [0.25, 0.3) is 5.91 Å². The van der Waals surface area contributed by atoms with Gasteiger partial charge in [-0.25, -0.2) is 18.7 Å². The Morgan fingerprint density at radius 2 is 1.85 bits per heavy atom. The van der Waals surface area contributed by atoms with Gasteiger partial charge in [-0.3, -0.25) is 4.79 Å². The third-order valence-electron chi connectivity index (χ3n) is 7.36. The maximum Gasteiger partial charge on any atom is 0.258 e.